The van der Waals surface area contributed by atoms with Crippen LogP contribution in [0.2, 0.25) is 0 Å². The lowest BCUT2D eigenvalue weighted by Gasteiger charge is -2.55. The molecule has 0 spiro atoms. The number of hydrogen-bond donors (Lipinski definition) is 0. The van der Waals surface area contributed by atoms with Gasteiger partial charge in [-0.15, -0.1) is 11.3 Å². The van der Waals surface area contributed by atoms with Gasteiger partial charge in [-0.3, -0.25) is 14.6 Å². The molecule has 2 aliphatic rings. The van der Waals surface area contributed by atoms with Crippen molar-refractivity contribution in [2.45, 2.75) is 32.0 Å². The molecule has 0 saturated carbocycles. The van der Waals surface area contributed by atoms with Gasteiger partial charge in [-0.2, -0.15) is 0 Å². The molecule has 5 nitrogen and oxygen atoms in total. The van der Waals surface area contributed by atoms with E-state index in [1.54, 1.807) is 29.5 Å². The summed E-state index contributed by atoms with van der Waals surface area (Å²) in [4.78, 5) is 24.1. The third-order valence-corrected chi connectivity index (χ3v) is 6.35. The second-order valence-electron chi connectivity index (χ2n) is 7.99. The monoisotopic (exact) mass is 388 g/mol. The van der Waals surface area contributed by atoms with Gasteiger partial charge in [0, 0.05) is 55.9 Å². The van der Waals surface area contributed by atoms with Gasteiger partial charge in [0.2, 0.25) is 0 Å². The van der Waals surface area contributed by atoms with Crippen molar-refractivity contribution < 1.29 is 9.18 Å². The molecule has 1 atom stereocenters. The molecule has 2 saturated heterocycles. The van der Waals surface area contributed by atoms with Crippen LogP contribution < -0.4 is 0 Å². The van der Waals surface area contributed by atoms with E-state index in [4.69, 9.17) is 0 Å². The summed E-state index contributed by atoms with van der Waals surface area (Å²) in [5, 5.41) is 3.13. The number of thiazole rings is 1. The summed E-state index contributed by atoms with van der Waals surface area (Å²) in [6.07, 6.45) is 1.84. The first-order chi connectivity index (χ1) is 12.9. The molecule has 2 aromatic rings. The molecule has 1 amide bonds. The van der Waals surface area contributed by atoms with E-state index in [0.29, 0.717) is 13.1 Å². The lowest BCUT2D eigenvalue weighted by Crippen LogP contribution is -2.70. The number of benzene rings is 1. The van der Waals surface area contributed by atoms with Crippen molar-refractivity contribution in [3.63, 3.8) is 0 Å². The van der Waals surface area contributed by atoms with E-state index in [1.807, 2.05) is 16.5 Å². The maximum absolute atomic E-state index is 14.1. The first kappa shape index (κ1) is 18.5. The van der Waals surface area contributed by atoms with Gasteiger partial charge in [0.25, 0.3) is 5.91 Å². The lowest BCUT2D eigenvalue weighted by atomic mass is 9.92. The number of aromatic nitrogens is 1. The minimum Gasteiger partial charge on any atom is -0.335 e. The predicted molar refractivity (Wildman–Crippen MR) is 104 cm³/mol. The molecule has 3 heterocycles. The van der Waals surface area contributed by atoms with Crippen molar-refractivity contribution in [1.82, 2.24) is 19.7 Å². The van der Waals surface area contributed by atoms with Gasteiger partial charge in [-0.05, 0) is 26.0 Å². The molecule has 1 unspecified atom stereocenters. The van der Waals surface area contributed by atoms with Crippen molar-refractivity contribution in [2.24, 2.45) is 0 Å². The molecule has 0 aliphatic carbocycles. The highest BCUT2D eigenvalue weighted by Gasteiger charge is 2.44. The van der Waals surface area contributed by atoms with Crippen molar-refractivity contribution >= 4 is 17.2 Å². The van der Waals surface area contributed by atoms with Gasteiger partial charge in [0.05, 0.1) is 12.1 Å². The van der Waals surface area contributed by atoms with Crippen molar-refractivity contribution in [3.05, 3.63) is 52.2 Å². The molecule has 1 aromatic heterocycles. The average Bonchev–Trinajstić information content (AvgIpc) is 3.13. The van der Waals surface area contributed by atoms with E-state index < -0.39 is 5.82 Å². The van der Waals surface area contributed by atoms with Crippen molar-refractivity contribution in [2.75, 3.05) is 32.7 Å². The first-order valence-corrected chi connectivity index (χ1v) is 10.2. The normalized spacial score (nSPS) is 23.2. The molecule has 27 heavy (non-hydrogen) atoms. The molecule has 0 N–H and O–H groups in total. The zero-order valence-electron chi connectivity index (χ0n) is 15.8. The van der Waals surface area contributed by atoms with E-state index >= 15 is 0 Å². The fourth-order valence-electron chi connectivity index (χ4n) is 4.38. The zero-order chi connectivity index (χ0) is 19.0. The van der Waals surface area contributed by atoms with Crippen LogP contribution in [-0.4, -0.2) is 69.9 Å². The van der Waals surface area contributed by atoms with E-state index in [9.17, 15) is 9.18 Å². The number of halogens is 1. The van der Waals surface area contributed by atoms with Crippen LogP contribution >= 0.6 is 11.3 Å². The van der Waals surface area contributed by atoms with Crippen LogP contribution in [0.5, 0.6) is 0 Å². The van der Waals surface area contributed by atoms with Crippen LogP contribution in [0, 0.1) is 5.82 Å². The van der Waals surface area contributed by atoms with Gasteiger partial charge in [-0.1, -0.05) is 12.1 Å². The highest BCUT2D eigenvalue weighted by Crippen LogP contribution is 2.29. The highest BCUT2D eigenvalue weighted by atomic mass is 32.1. The minimum atomic E-state index is -0.447. The standard InChI is InChI=1S/C20H25FN4OS/c1-20(2)14-24(19(26)16-5-3-4-6-17(16)21)12-15-11-23(8-9-25(15)20)13-18-22-7-10-27-18/h3-7,10,15H,8-9,11-14H2,1-2H3. The molecular formula is C20H25FN4OS. The Kier molecular flexibility index (Phi) is 5.01. The Morgan fingerprint density at radius 1 is 1.30 bits per heavy atom. The first-order valence-electron chi connectivity index (χ1n) is 9.35. The van der Waals surface area contributed by atoms with Crippen LogP contribution in [0.15, 0.2) is 35.8 Å². The number of hydrogen-bond acceptors (Lipinski definition) is 5. The zero-order valence-corrected chi connectivity index (χ0v) is 16.6. The Balaban J connectivity index is 1.51. The summed E-state index contributed by atoms with van der Waals surface area (Å²) >= 11 is 1.68. The molecule has 1 aromatic carbocycles. The Hall–Kier alpha value is -1.83. The molecule has 2 fully saturated rings. The summed E-state index contributed by atoms with van der Waals surface area (Å²) < 4.78 is 14.1. The second-order valence-corrected chi connectivity index (χ2v) is 8.97. The fourth-order valence-corrected chi connectivity index (χ4v) is 5.03. The summed E-state index contributed by atoms with van der Waals surface area (Å²) in [6, 6.07) is 6.51. The van der Waals surface area contributed by atoms with Gasteiger partial charge in [-0.25, -0.2) is 9.37 Å². The molecule has 4 rings (SSSR count). The third-order valence-electron chi connectivity index (χ3n) is 5.59. The smallest absolute Gasteiger partial charge is 0.256 e. The number of amides is 1. The van der Waals surface area contributed by atoms with Crippen molar-refractivity contribution in [1.29, 1.82) is 0 Å². The fraction of sp³-hybridized carbons (Fsp3) is 0.500. The number of piperazine rings is 2. The van der Waals surface area contributed by atoms with E-state index in [0.717, 1.165) is 31.2 Å². The molecule has 2 aliphatic heterocycles. The summed E-state index contributed by atoms with van der Waals surface area (Å²) in [5.74, 6) is -0.658. The summed E-state index contributed by atoms with van der Waals surface area (Å²) in [6.45, 7) is 9.32. The SMILES string of the molecule is CC1(C)CN(C(=O)c2ccccc2F)CC2CN(Cc3nccs3)CCN21. The highest BCUT2D eigenvalue weighted by molar-refractivity contribution is 7.09. The van der Waals surface area contributed by atoms with Crippen LogP contribution in [0.3, 0.4) is 0 Å². The molecular weight excluding hydrogens is 363 g/mol. The van der Waals surface area contributed by atoms with Gasteiger partial charge >= 0.3 is 0 Å². The van der Waals surface area contributed by atoms with Gasteiger partial charge in [0.15, 0.2) is 0 Å². The number of carbonyl (C=O) groups excluding carboxylic acids is 1. The minimum absolute atomic E-state index is 0.128. The largest absolute Gasteiger partial charge is 0.335 e. The van der Waals surface area contributed by atoms with Crippen molar-refractivity contribution in [3.8, 4) is 0 Å². The van der Waals surface area contributed by atoms with Gasteiger partial charge < -0.3 is 4.90 Å². The second kappa shape index (κ2) is 7.30. The number of fused-ring (bicyclic) bond motifs is 1. The third kappa shape index (κ3) is 3.77. The quantitative estimate of drug-likeness (QED) is 0.811. The summed E-state index contributed by atoms with van der Waals surface area (Å²) in [7, 11) is 0. The molecule has 0 radical (unpaired) electrons. The predicted octanol–water partition coefficient (Wildman–Crippen LogP) is 2.70. The average molecular weight is 389 g/mol. The lowest BCUT2D eigenvalue weighted by molar-refractivity contribution is -0.0578. The van der Waals surface area contributed by atoms with Crippen LogP contribution in [0.25, 0.3) is 0 Å². The summed E-state index contributed by atoms with van der Waals surface area (Å²) in [5.41, 5.74) is 0.0362. The molecule has 144 valence electrons. The van der Waals surface area contributed by atoms with E-state index in [-0.39, 0.29) is 23.1 Å². The Morgan fingerprint density at radius 2 is 2.11 bits per heavy atom. The van der Waals surface area contributed by atoms with Gasteiger partial charge in [0.1, 0.15) is 10.8 Å². The van der Waals surface area contributed by atoms with Crippen LogP contribution in [0.1, 0.15) is 29.2 Å². The van der Waals surface area contributed by atoms with E-state index in [1.165, 1.54) is 6.07 Å². The number of nitrogens with zero attached hydrogens (tertiary/aromatic N) is 4. The Labute approximate surface area is 163 Å². The number of carbonyl (C=O) groups is 1. The Morgan fingerprint density at radius 3 is 2.85 bits per heavy atom. The maximum Gasteiger partial charge on any atom is 0.256 e. The van der Waals surface area contributed by atoms with Crippen LogP contribution in [-0.2, 0) is 6.54 Å². The maximum atomic E-state index is 14.1. The number of rotatable bonds is 3. The topological polar surface area (TPSA) is 39.7 Å². The van der Waals surface area contributed by atoms with E-state index in [2.05, 4.69) is 28.6 Å². The molecule has 0 bridgehead atoms. The van der Waals surface area contributed by atoms with Crippen LogP contribution in [0.4, 0.5) is 4.39 Å². The molecule has 7 heteroatoms. The Bertz CT molecular complexity index is 810.